The Morgan fingerprint density at radius 3 is 2.65 bits per heavy atom. The first kappa shape index (κ1) is 26.9. The van der Waals surface area contributed by atoms with Crippen LogP contribution in [0, 0.1) is 12.7 Å². The number of rotatable bonds is 4. The third-order valence-corrected chi connectivity index (χ3v) is 7.11. The summed E-state index contributed by atoms with van der Waals surface area (Å²) in [7, 11) is 1.12. The number of amides is 2. The molecule has 0 radical (unpaired) electrons. The number of halogens is 1. The molecule has 2 aliphatic heterocycles. The number of carbonyl (C=O) groups is 3. The van der Waals surface area contributed by atoms with Crippen molar-refractivity contribution in [1.82, 2.24) is 34.5 Å². The van der Waals surface area contributed by atoms with Gasteiger partial charge < -0.3 is 24.8 Å². The Hall–Kier alpha value is -4.66. The second-order valence-electron chi connectivity index (χ2n) is 9.39. The Kier molecular flexibility index (Phi) is 7.06. The van der Waals surface area contributed by atoms with E-state index < -0.39 is 46.2 Å². The number of esters is 1. The lowest BCUT2D eigenvalue weighted by Gasteiger charge is -2.43. The zero-order valence-corrected chi connectivity index (χ0v) is 21.7. The number of hydrogen-bond acceptors (Lipinski definition) is 10. The molecule has 0 unspecified atom stereocenters. The molecule has 1 spiro atoms. The van der Waals surface area contributed by atoms with Crippen LogP contribution in [0.1, 0.15) is 40.5 Å². The van der Waals surface area contributed by atoms with Gasteiger partial charge in [0.05, 0.1) is 25.9 Å². The predicted molar refractivity (Wildman–Crippen MR) is 133 cm³/mol. The molecule has 2 amide bonds. The quantitative estimate of drug-likeness (QED) is 0.328. The van der Waals surface area contributed by atoms with Gasteiger partial charge in [-0.25, -0.2) is 23.8 Å². The van der Waals surface area contributed by atoms with Crippen LogP contribution in [0.4, 0.5) is 4.39 Å². The van der Waals surface area contributed by atoms with Crippen molar-refractivity contribution in [2.45, 2.75) is 38.5 Å². The van der Waals surface area contributed by atoms with Crippen molar-refractivity contribution in [3.63, 3.8) is 0 Å². The summed E-state index contributed by atoms with van der Waals surface area (Å²) in [6.07, 6.45) is 1.72. The molecule has 2 aromatic heterocycles. The number of carbonyl (C=O) groups excluding carboxylic acids is 3. The van der Waals surface area contributed by atoms with Crippen LogP contribution in [0.2, 0.25) is 0 Å². The third kappa shape index (κ3) is 4.68. The number of likely N-dealkylation sites (tertiary alicyclic amines) is 1. The highest BCUT2D eigenvalue weighted by Gasteiger charge is 2.45. The zero-order chi connectivity index (χ0) is 28.6. The first-order valence-corrected chi connectivity index (χ1v) is 12.4. The number of aryl methyl sites for hydroxylation is 1. The Morgan fingerprint density at radius 2 is 1.98 bits per heavy atom. The standard InChI is InChI=1S/C25H26FN7O7/c1-14-28-13-29-33(14)17-11-16(26)4-3-15(17)12-27-20(35)18-19(34)21(36)32-9-10-40-25(24(32)30-18)5-7-31(8-6-25)22(37)23(38)39-2/h3-4,11,13,34H,5-10,12H2,1-2H3,(H,27,35). The van der Waals surface area contributed by atoms with Crippen molar-refractivity contribution in [2.24, 2.45) is 0 Å². The summed E-state index contributed by atoms with van der Waals surface area (Å²) >= 11 is 0. The van der Waals surface area contributed by atoms with E-state index in [0.717, 1.165) is 7.11 Å². The third-order valence-electron chi connectivity index (χ3n) is 7.11. The van der Waals surface area contributed by atoms with Gasteiger partial charge in [-0.2, -0.15) is 5.10 Å². The van der Waals surface area contributed by atoms with Crippen LogP contribution < -0.4 is 10.9 Å². The van der Waals surface area contributed by atoms with E-state index in [9.17, 15) is 28.7 Å². The fourth-order valence-electron chi connectivity index (χ4n) is 4.99. The minimum atomic E-state index is -1.11. The van der Waals surface area contributed by atoms with Gasteiger partial charge in [-0.15, -0.1) is 0 Å². The highest BCUT2D eigenvalue weighted by molar-refractivity contribution is 6.32. The summed E-state index contributed by atoms with van der Waals surface area (Å²) in [5.41, 5.74) is -1.54. The van der Waals surface area contributed by atoms with Crippen LogP contribution in [0.25, 0.3) is 5.69 Å². The van der Waals surface area contributed by atoms with Crippen LogP contribution in [0.3, 0.4) is 0 Å². The van der Waals surface area contributed by atoms with Gasteiger partial charge >= 0.3 is 11.9 Å². The van der Waals surface area contributed by atoms with Crippen LogP contribution in [-0.2, 0) is 37.8 Å². The van der Waals surface area contributed by atoms with E-state index in [4.69, 9.17) is 4.74 Å². The summed E-state index contributed by atoms with van der Waals surface area (Å²) in [6, 6.07) is 3.96. The second kappa shape index (κ2) is 10.5. The fourth-order valence-corrected chi connectivity index (χ4v) is 4.99. The van der Waals surface area contributed by atoms with Crippen molar-refractivity contribution < 1.29 is 33.4 Å². The molecule has 2 aliphatic rings. The van der Waals surface area contributed by atoms with Gasteiger partial charge in [0.25, 0.3) is 11.5 Å². The van der Waals surface area contributed by atoms with Crippen molar-refractivity contribution in [2.75, 3.05) is 26.8 Å². The number of piperidine rings is 1. The number of fused-ring (bicyclic) bond motifs is 2. The topological polar surface area (TPSA) is 171 Å². The molecule has 1 fully saturated rings. The molecular formula is C25H26FN7O7. The maximum absolute atomic E-state index is 14.0. The van der Waals surface area contributed by atoms with Gasteiger partial charge in [0.1, 0.15) is 29.4 Å². The molecule has 0 atom stereocenters. The number of methoxy groups -OCH3 is 1. The minimum Gasteiger partial charge on any atom is -0.501 e. The first-order chi connectivity index (χ1) is 19.1. The SMILES string of the molecule is COC(=O)C(=O)N1CCC2(CC1)OCCn1c2nc(C(=O)NCc2ccc(F)cc2-n2ncnc2C)c(O)c1=O. The average Bonchev–Trinajstić information content (AvgIpc) is 3.39. The Labute approximate surface area is 226 Å². The van der Waals surface area contributed by atoms with E-state index >= 15 is 0 Å². The van der Waals surface area contributed by atoms with Crippen molar-refractivity contribution in [3.05, 3.63) is 63.6 Å². The molecule has 2 N–H and O–H groups in total. The van der Waals surface area contributed by atoms with Crippen LogP contribution in [0.15, 0.2) is 29.3 Å². The molecule has 1 saturated heterocycles. The number of ether oxygens (including phenoxy) is 2. The fraction of sp³-hybridized carbons (Fsp3) is 0.400. The molecular weight excluding hydrogens is 529 g/mol. The smallest absolute Gasteiger partial charge is 0.396 e. The largest absolute Gasteiger partial charge is 0.501 e. The number of aromatic nitrogens is 5. The molecule has 1 aromatic carbocycles. The maximum Gasteiger partial charge on any atom is 0.396 e. The van der Waals surface area contributed by atoms with E-state index in [1.165, 1.54) is 38.7 Å². The predicted octanol–water partition coefficient (Wildman–Crippen LogP) is -0.0720. The molecule has 0 bridgehead atoms. The number of benzene rings is 1. The molecule has 0 saturated carbocycles. The number of hydrogen-bond donors (Lipinski definition) is 2. The molecule has 210 valence electrons. The van der Waals surface area contributed by atoms with Crippen molar-refractivity contribution in [1.29, 1.82) is 0 Å². The van der Waals surface area contributed by atoms with Gasteiger partial charge in [0.2, 0.25) is 5.75 Å². The molecule has 5 rings (SSSR count). The molecule has 3 aromatic rings. The molecule has 4 heterocycles. The van der Waals surface area contributed by atoms with Crippen LogP contribution in [0.5, 0.6) is 5.75 Å². The minimum absolute atomic E-state index is 0.0977. The van der Waals surface area contributed by atoms with Gasteiger partial charge in [-0.05, 0) is 24.6 Å². The van der Waals surface area contributed by atoms with E-state index in [0.29, 0.717) is 17.1 Å². The number of nitrogens with zero attached hydrogens (tertiary/aromatic N) is 6. The van der Waals surface area contributed by atoms with Gasteiger partial charge in [0.15, 0.2) is 5.69 Å². The van der Waals surface area contributed by atoms with Crippen molar-refractivity contribution in [3.8, 4) is 11.4 Å². The molecule has 40 heavy (non-hydrogen) atoms. The number of nitrogens with one attached hydrogen (secondary N) is 1. The number of aromatic hydroxyl groups is 1. The van der Waals surface area contributed by atoms with Gasteiger partial charge in [-0.1, -0.05) is 6.07 Å². The van der Waals surface area contributed by atoms with Gasteiger partial charge in [-0.3, -0.25) is 19.0 Å². The van der Waals surface area contributed by atoms with E-state index in [1.807, 2.05) is 0 Å². The zero-order valence-electron chi connectivity index (χ0n) is 21.7. The summed E-state index contributed by atoms with van der Waals surface area (Å²) in [4.78, 5) is 59.9. The van der Waals surface area contributed by atoms with Crippen molar-refractivity contribution >= 4 is 17.8 Å². The van der Waals surface area contributed by atoms with Gasteiger partial charge in [0, 0.05) is 32.5 Å². The van der Waals surface area contributed by atoms with E-state index in [2.05, 4.69) is 25.1 Å². The summed E-state index contributed by atoms with van der Waals surface area (Å²) in [6.45, 7) is 2.11. The van der Waals surface area contributed by atoms with Crippen LogP contribution in [-0.4, -0.2) is 78.9 Å². The summed E-state index contributed by atoms with van der Waals surface area (Å²) in [5.74, 6) is -3.27. The lowest BCUT2D eigenvalue weighted by atomic mass is 9.88. The highest BCUT2D eigenvalue weighted by Crippen LogP contribution is 2.38. The van der Waals surface area contributed by atoms with Crippen LogP contribution >= 0.6 is 0 Å². The summed E-state index contributed by atoms with van der Waals surface area (Å²) < 4.78 is 27.2. The monoisotopic (exact) mass is 555 g/mol. The highest BCUT2D eigenvalue weighted by atomic mass is 19.1. The van der Waals surface area contributed by atoms with E-state index in [1.54, 1.807) is 6.92 Å². The summed E-state index contributed by atoms with van der Waals surface area (Å²) in [5, 5.41) is 17.3. The first-order valence-electron chi connectivity index (χ1n) is 12.4. The molecule has 0 aliphatic carbocycles. The lowest BCUT2D eigenvalue weighted by molar-refractivity contribution is -0.163. The average molecular weight is 556 g/mol. The van der Waals surface area contributed by atoms with E-state index in [-0.39, 0.29) is 51.5 Å². The molecule has 14 nitrogen and oxygen atoms in total. The Bertz CT molecular complexity index is 1560. The Balaban J connectivity index is 1.41. The lowest BCUT2D eigenvalue weighted by Crippen LogP contribution is -2.53. The maximum atomic E-state index is 14.0. The second-order valence-corrected chi connectivity index (χ2v) is 9.39. The Morgan fingerprint density at radius 1 is 1.23 bits per heavy atom. The molecule has 15 heteroatoms. The normalized spacial score (nSPS) is 15.9.